The van der Waals surface area contributed by atoms with Crippen molar-refractivity contribution in [2.24, 2.45) is 5.92 Å². The van der Waals surface area contributed by atoms with Gasteiger partial charge in [-0.3, -0.25) is 0 Å². The molecule has 16 heavy (non-hydrogen) atoms. The van der Waals surface area contributed by atoms with E-state index in [2.05, 4.69) is 11.9 Å². The van der Waals surface area contributed by atoms with Crippen molar-refractivity contribution in [3.05, 3.63) is 17.8 Å². The van der Waals surface area contributed by atoms with Crippen molar-refractivity contribution in [1.82, 2.24) is 4.98 Å². The SMILES string of the molecule is CC[C@@H](C)[C@H](O)c1cnc2c(c1)OCCO2. The second-order valence-electron chi connectivity index (χ2n) is 4.10. The third kappa shape index (κ3) is 2.11. The Morgan fingerprint density at radius 1 is 1.44 bits per heavy atom. The summed E-state index contributed by atoms with van der Waals surface area (Å²) in [5.41, 5.74) is 0.790. The Bertz CT molecular complexity index is 367. The fraction of sp³-hybridized carbons (Fsp3) is 0.583. The van der Waals surface area contributed by atoms with Gasteiger partial charge in [-0.1, -0.05) is 20.3 Å². The number of hydrogen-bond acceptors (Lipinski definition) is 4. The monoisotopic (exact) mass is 223 g/mol. The summed E-state index contributed by atoms with van der Waals surface area (Å²) in [6.45, 7) is 5.14. The minimum Gasteiger partial charge on any atom is -0.484 e. The topological polar surface area (TPSA) is 51.6 Å². The molecule has 88 valence electrons. The molecule has 1 N–H and O–H groups in total. The first-order chi connectivity index (χ1) is 7.72. The van der Waals surface area contributed by atoms with Crippen molar-refractivity contribution < 1.29 is 14.6 Å². The summed E-state index contributed by atoms with van der Waals surface area (Å²) in [7, 11) is 0. The lowest BCUT2D eigenvalue weighted by Crippen LogP contribution is -2.17. The highest BCUT2D eigenvalue weighted by atomic mass is 16.6. The molecule has 0 saturated heterocycles. The van der Waals surface area contributed by atoms with Gasteiger partial charge in [-0.05, 0) is 12.0 Å². The first-order valence-electron chi connectivity index (χ1n) is 5.66. The van der Waals surface area contributed by atoms with E-state index in [1.807, 2.05) is 13.0 Å². The van der Waals surface area contributed by atoms with Crippen molar-refractivity contribution in [1.29, 1.82) is 0 Å². The van der Waals surface area contributed by atoms with Crippen LogP contribution in [0, 0.1) is 5.92 Å². The molecule has 0 fully saturated rings. The number of aromatic nitrogens is 1. The predicted molar refractivity (Wildman–Crippen MR) is 59.6 cm³/mol. The van der Waals surface area contributed by atoms with Gasteiger partial charge < -0.3 is 14.6 Å². The van der Waals surface area contributed by atoms with Crippen LogP contribution in [0.4, 0.5) is 0 Å². The lowest BCUT2D eigenvalue weighted by molar-refractivity contribution is 0.113. The van der Waals surface area contributed by atoms with Crippen LogP contribution in [0.3, 0.4) is 0 Å². The number of aliphatic hydroxyl groups excluding tert-OH is 1. The zero-order valence-electron chi connectivity index (χ0n) is 9.64. The number of fused-ring (bicyclic) bond motifs is 1. The molecule has 4 nitrogen and oxygen atoms in total. The molecule has 0 bridgehead atoms. The maximum Gasteiger partial charge on any atom is 0.257 e. The standard InChI is InChI=1S/C12H17NO3/c1-3-8(2)11(14)9-6-10-12(13-7-9)16-5-4-15-10/h6-8,11,14H,3-5H2,1-2H3/t8-,11+/m1/s1. The highest BCUT2D eigenvalue weighted by Gasteiger charge is 2.19. The van der Waals surface area contributed by atoms with E-state index >= 15 is 0 Å². The van der Waals surface area contributed by atoms with Crippen LogP contribution in [0.2, 0.25) is 0 Å². The van der Waals surface area contributed by atoms with Crippen LogP contribution in [0.1, 0.15) is 31.9 Å². The van der Waals surface area contributed by atoms with E-state index in [0.717, 1.165) is 12.0 Å². The molecular formula is C12H17NO3. The molecule has 2 rings (SSSR count). The summed E-state index contributed by atoms with van der Waals surface area (Å²) < 4.78 is 10.8. The van der Waals surface area contributed by atoms with Crippen LogP contribution >= 0.6 is 0 Å². The smallest absolute Gasteiger partial charge is 0.257 e. The van der Waals surface area contributed by atoms with Crippen molar-refractivity contribution in [3.63, 3.8) is 0 Å². The molecule has 1 aromatic heterocycles. The summed E-state index contributed by atoms with van der Waals surface area (Å²) in [5, 5.41) is 10.1. The van der Waals surface area contributed by atoms with Crippen LogP contribution in [-0.2, 0) is 0 Å². The molecule has 2 heterocycles. The van der Waals surface area contributed by atoms with Crippen molar-refractivity contribution in [2.45, 2.75) is 26.4 Å². The summed E-state index contributed by atoms with van der Waals surface area (Å²) in [4.78, 5) is 4.15. The first kappa shape index (κ1) is 11.2. The van der Waals surface area contributed by atoms with E-state index in [0.29, 0.717) is 24.8 Å². The summed E-state index contributed by atoms with van der Waals surface area (Å²) in [6.07, 6.45) is 2.09. The van der Waals surface area contributed by atoms with Gasteiger partial charge in [0.1, 0.15) is 13.2 Å². The maximum atomic E-state index is 10.1. The lowest BCUT2D eigenvalue weighted by Gasteiger charge is -2.21. The molecule has 0 unspecified atom stereocenters. The van der Waals surface area contributed by atoms with Crippen molar-refractivity contribution in [2.75, 3.05) is 13.2 Å². The summed E-state index contributed by atoms with van der Waals surface area (Å²) in [5.74, 6) is 1.36. The Kier molecular flexibility index (Phi) is 3.29. The average molecular weight is 223 g/mol. The Balaban J connectivity index is 2.22. The van der Waals surface area contributed by atoms with Gasteiger partial charge in [-0.25, -0.2) is 4.98 Å². The van der Waals surface area contributed by atoms with Gasteiger partial charge in [0.15, 0.2) is 5.75 Å². The van der Waals surface area contributed by atoms with E-state index in [4.69, 9.17) is 9.47 Å². The van der Waals surface area contributed by atoms with E-state index in [1.165, 1.54) is 0 Å². The molecule has 0 aliphatic carbocycles. The highest BCUT2D eigenvalue weighted by Crippen LogP contribution is 2.32. The van der Waals surface area contributed by atoms with Gasteiger partial charge in [0, 0.05) is 11.8 Å². The normalized spacial score (nSPS) is 17.9. The van der Waals surface area contributed by atoms with Gasteiger partial charge in [0.05, 0.1) is 6.10 Å². The van der Waals surface area contributed by atoms with Gasteiger partial charge in [0.2, 0.25) is 0 Å². The third-order valence-corrected chi connectivity index (χ3v) is 2.94. The van der Waals surface area contributed by atoms with E-state index in [9.17, 15) is 5.11 Å². The zero-order chi connectivity index (χ0) is 11.5. The fourth-order valence-corrected chi connectivity index (χ4v) is 1.66. The molecule has 0 saturated carbocycles. The quantitative estimate of drug-likeness (QED) is 0.850. The van der Waals surface area contributed by atoms with Crippen LogP contribution < -0.4 is 9.47 Å². The number of rotatable bonds is 3. The average Bonchev–Trinajstić information content (AvgIpc) is 2.36. The molecule has 0 aromatic carbocycles. The van der Waals surface area contributed by atoms with Gasteiger partial charge in [-0.2, -0.15) is 0 Å². The van der Waals surface area contributed by atoms with Gasteiger partial charge in [0.25, 0.3) is 5.88 Å². The second kappa shape index (κ2) is 4.70. The minimum atomic E-state index is -0.492. The Hall–Kier alpha value is -1.29. The van der Waals surface area contributed by atoms with E-state index in [1.54, 1.807) is 6.20 Å². The Labute approximate surface area is 95.2 Å². The third-order valence-electron chi connectivity index (χ3n) is 2.94. The number of nitrogens with zero attached hydrogens (tertiary/aromatic N) is 1. The number of pyridine rings is 1. The molecule has 0 radical (unpaired) electrons. The summed E-state index contributed by atoms with van der Waals surface area (Å²) >= 11 is 0. The van der Waals surface area contributed by atoms with Gasteiger partial charge in [-0.15, -0.1) is 0 Å². The molecule has 1 aromatic rings. The number of hydrogen-bond donors (Lipinski definition) is 1. The van der Waals surface area contributed by atoms with Crippen molar-refractivity contribution >= 4 is 0 Å². The van der Waals surface area contributed by atoms with Crippen LogP contribution in [0.5, 0.6) is 11.6 Å². The molecule has 0 spiro atoms. The maximum absolute atomic E-state index is 10.1. The van der Waals surface area contributed by atoms with E-state index in [-0.39, 0.29) is 5.92 Å². The van der Waals surface area contributed by atoms with E-state index < -0.39 is 6.10 Å². The number of ether oxygens (including phenoxy) is 2. The van der Waals surface area contributed by atoms with Crippen LogP contribution in [0.25, 0.3) is 0 Å². The van der Waals surface area contributed by atoms with Crippen LogP contribution in [0.15, 0.2) is 12.3 Å². The molecule has 0 amide bonds. The Morgan fingerprint density at radius 2 is 2.19 bits per heavy atom. The molecule has 1 aliphatic heterocycles. The molecular weight excluding hydrogens is 206 g/mol. The Morgan fingerprint density at radius 3 is 2.94 bits per heavy atom. The summed E-state index contributed by atoms with van der Waals surface area (Å²) in [6, 6.07) is 1.82. The predicted octanol–water partition coefficient (Wildman–Crippen LogP) is 1.93. The molecule has 1 aliphatic rings. The lowest BCUT2D eigenvalue weighted by atomic mass is 9.96. The first-order valence-corrected chi connectivity index (χ1v) is 5.66. The van der Waals surface area contributed by atoms with Crippen molar-refractivity contribution in [3.8, 4) is 11.6 Å². The van der Waals surface area contributed by atoms with Crippen LogP contribution in [-0.4, -0.2) is 23.3 Å². The zero-order valence-corrected chi connectivity index (χ0v) is 9.64. The largest absolute Gasteiger partial charge is 0.484 e. The minimum absolute atomic E-state index is 0.212. The second-order valence-corrected chi connectivity index (χ2v) is 4.10. The highest BCUT2D eigenvalue weighted by molar-refractivity contribution is 5.38. The molecule has 2 atom stereocenters. The van der Waals surface area contributed by atoms with Gasteiger partial charge >= 0.3 is 0 Å². The molecule has 4 heteroatoms. The number of aliphatic hydroxyl groups is 1. The fourth-order valence-electron chi connectivity index (χ4n) is 1.66.